The van der Waals surface area contributed by atoms with Crippen LogP contribution in [0.5, 0.6) is 5.88 Å². The molecule has 22 heavy (non-hydrogen) atoms. The number of ether oxygens (including phenoxy) is 1. The average Bonchev–Trinajstić information content (AvgIpc) is 2.98. The maximum Gasteiger partial charge on any atom is 0.226 e. The van der Waals surface area contributed by atoms with Crippen molar-refractivity contribution in [1.29, 1.82) is 0 Å². The Kier molecular flexibility index (Phi) is 4.29. The van der Waals surface area contributed by atoms with E-state index in [1.807, 2.05) is 0 Å². The van der Waals surface area contributed by atoms with E-state index in [2.05, 4.69) is 20.2 Å². The van der Waals surface area contributed by atoms with Crippen molar-refractivity contribution < 1.29 is 9.13 Å². The third kappa shape index (κ3) is 3.22. The number of nitrogens with zero attached hydrogens (tertiary/aromatic N) is 3. The zero-order chi connectivity index (χ0) is 15.5. The predicted octanol–water partition coefficient (Wildman–Crippen LogP) is 2.97. The Morgan fingerprint density at radius 3 is 3.05 bits per heavy atom. The van der Waals surface area contributed by atoms with E-state index >= 15 is 0 Å². The second-order valence-electron chi connectivity index (χ2n) is 5.10. The summed E-state index contributed by atoms with van der Waals surface area (Å²) in [4.78, 5) is 10.6. The van der Waals surface area contributed by atoms with E-state index in [0.29, 0.717) is 11.8 Å². The van der Waals surface area contributed by atoms with Gasteiger partial charge in [-0.3, -0.25) is 0 Å². The summed E-state index contributed by atoms with van der Waals surface area (Å²) in [5, 5.41) is 3.43. The van der Waals surface area contributed by atoms with E-state index in [1.54, 1.807) is 31.5 Å². The van der Waals surface area contributed by atoms with Gasteiger partial charge < -0.3 is 15.0 Å². The fraction of sp³-hybridized carbons (Fsp3) is 0.333. The lowest BCUT2D eigenvalue weighted by Gasteiger charge is -2.19. The van der Waals surface area contributed by atoms with Crippen molar-refractivity contribution in [2.24, 2.45) is 0 Å². The molecule has 116 valence electrons. The van der Waals surface area contributed by atoms with Crippen molar-refractivity contribution in [3.63, 3.8) is 0 Å². The van der Waals surface area contributed by atoms with Crippen LogP contribution in [0.4, 0.5) is 16.0 Å². The molecule has 1 fully saturated rings. The minimum absolute atomic E-state index is 0.144. The summed E-state index contributed by atoms with van der Waals surface area (Å²) in [6, 6.07) is 6.71. The lowest BCUT2D eigenvalue weighted by atomic mass is 10.2. The van der Waals surface area contributed by atoms with Gasteiger partial charge in [-0.05, 0) is 24.6 Å². The lowest BCUT2D eigenvalue weighted by Crippen LogP contribution is -2.26. The number of anilines is 2. The summed E-state index contributed by atoms with van der Waals surface area (Å²) >= 11 is 5.84. The van der Waals surface area contributed by atoms with Crippen LogP contribution in [0, 0.1) is 5.82 Å². The second-order valence-corrected chi connectivity index (χ2v) is 5.50. The zero-order valence-corrected chi connectivity index (χ0v) is 12.8. The van der Waals surface area contributed by atoms with Crippen LogP contribution in [0.25, 0.3) is 0 Å². The monoisotopic (exact) mass is 322 g/mol. The Morgan fingerprint density at radius 1 is 1.41 bits per heavy atom. The predicted molar refractivity (Wildman–Crippen MR) is 84.2 cm³/mol. The van der Waals surface area contributed by atoms with Crippen molar-refractivity contribution in [3.05, 3.63) is 41.3 Å². The molecule has 1 aliphatic heterocycles. The van der Waals surface area contributed by atoms with Crippen molar-refractivity contribution in [1.82, 2.24) is 9.97 Å². The number of benzene rings is 1. The van der Waals surface area contributed by atoms with E-state index in [0.717, 1.165) is 25.2 Å². The molecule has 1 atom stereocenters. The molecule has 1 aromatic heterocycles. The first kappa shape index (κ1) is 14.8. The lowest BCUT2D eigenvalue weighted by molar-refractivity contribution is 0.397. The minimum Gasteiger partial charge on any atom is -0.481 e. The van der Waals surface area contributed by atoms with Gasteiger partial charge in [0.15, 0.2) is 0 Å². The van der Waals surface area contributed by atoms with Crippen molar-refractivity contribution >= 4 is 23.2 Å². The van der Waals surface area contributed by atoms with Crippen LogP contribution in [-0.4, -0.2) is 36.2 Å². The summed E-state index contributed by atoms with van der Waals surface area (Å²) in [6.07, 6.45) is 2.59. The summed E-state index contributed by atoms with van der Waals surface area (Å²) < 4.78 is 18.3. The highest BCUT2D eigenvalue weighted by molar-refractivity contribution is 6.31. The Morgan fingerprint density at radius 2 is 2.27 bits per heavy atom. The molecule has 2 aromatic rings. The number of rotatable bonds is 4. The molecule has 2 heterocycles. The SMILES string of the molecule is COc1ccnc(NC2CCN(c3ccc(F)c(Cl)c3)C2)n1. The molecule has 1 N–H and O–H groups in total. The molecule has 0 spiro atoms. The quantitative estimate of drug-likeness (QED) is 0.938. The number of nitrogens with one attached hydrogen (secondary N) is 1. The van der Waals surface area contributed by atoms with Crippen molar-refractivity contribution in [3.8, 4) is 5.88 Å². The Balaban J connectivity index is 1.65. The van der Waals surface area contributed by atoms with Gasteiger partial charge in [0, 0.05) is 37.1 Å². The van der Waals surface area contributed by atoms with E-state index in [9.17, 15) is 4.39 Å². The molecule has 3 rings (SSSR count). The van der Waals surface area contributed by atoms with Gasteiger partial charge in [0.1, 0.15) is 5.82 Å². The van der Waals surface area contributed by atoms with E-state index in [4.69, 9.17) is 16.3 Å². The minimum atomic E-state index is -0.399. The van der Waals surface area contributed by atoms with Gasteiger partial charge in [0.25, 0.3) is 0 Å². The first-order chi connectivity index (χ1) is 10.7. The summed E-state index contributed by atoms with van der Waals surface area (Å²) in [5.74, 6) is 0.671. The maximum absolute atomic E-state index is 13.2. The highest BCUT2D eigenvalue weighted by Crippen LogP contribution is 2.26. The summed E-state index contributed by atoms with van der Waals surface area (Å²) in [5.41, 5.74) is 0.919. The molecule has 0 bridgehead atoms. The average molecular weight is 323 g/mol. The van der Waals surface area contributed by atoms with Crippen LogP contribution >= 0.6 is 11.6 Å². The number of aromatic nitrogens is 2. The number of methoxy groups -OCH3 is 1. The van der Waals surface area contributed by atoms with Crippen LogP contribution < -0.4 is 15.0 Å². The topological polar surface area (TPSA) is 50.3 Å². The van der Waals surface area contributed by atoms with Crippen LogP contribution in [0.3, 0.4) is 0 Å². The van der Waals surface area contributed by atoms with Gasteiger partial charge in [0.2, 0.25) is 11.8 Å². The molecule has 1 aliphatic rings. The number of hydrogen-bond acceptors (Lipinski definition) is 5. The van der Waals surface area contributed by atoms with Gasteiger partial charge in [-0.25, -0.2) is 9.37 Å². The molecule has 1 unspecified atom stereocenters. The van der Waals surface area contributed by atoms with Crippen LogP contribution in [0.15, 0.2) is 30.5 Å². The van der Waals surface area contributed by atoms with Crippen molar-refractivity contribution in [2.75, 3.05) is 30.4 Å². The second kappa shape index (κ2) is 6.36. The van der Waals surface area contributed by atoms with Crippen LogP contribution in [0.2, 0.25) is 5.02 Å². The molecule has 5 nitrogen and oxygen atoms in total. The largest absolute Gasteiger partial charge is 0.481 e. The van der Waals surface area contributed by atoms with Gasteiger partial charge >= 0.3 is 0 Å². The van der Waals surface area contributed by atoms with E-state index < -0.39 is 5.82 Å². The summed E-state index contributed by atoms with van der Waals surface area (Å²) in [7, 11) is 1.57. The molecule has 0 radical (unpaired) electrons. The fourth-order valence-corrected chi connectivity index (χ4v) is 2.68. The Bertz CT molecular complexity index is 670. The maximum atomic E-state index is 13.2. The first-order valence-electron chi connectivity index (χ1n) is 6.99. The van der Waals surface area contributed by atoms with Gasteiger partial charge in [-0.2, -0.15) is 4.98 Å². The molecule has 1 aromatic carbocycles. The van der Waals surface area contributed by atoms with E-state index in [1.165, 1.54) is 6.07 Å². The molecule has 0 saturated carbocycles. The fourth-order valence-electron chi connectivity index (χ4n) is 2.50. The molecule has 1 saturated heterocycles. The summed E-state index contributed by atoms with van der Waals surface area (Å²) in [6.45, 7) is 1.64. The zero-order valence-electron chi connectivity index (χ0n) is 12.1. The Labute approximate surface area is 133 Å². The molecule has 0 aliphatic carbocycles. The molecular formula is C15H16ClFN4O. The Hall–Kier alpha value is -2.08. The smallest absolute Gasteiger partial charge is 0.226 e. The van der Waals surface area contributed by atoms with Gasteiger partial charge in [0.05, 0.1) is 12.1 Å². The highest BCUT2D eigenvalue weighted by atomic mass is 35.5. The molecular weight excluding hydrogens is 307 g/mol. The molecule has 7 heteroatoms. The van der Waals surface area contributed by atoms with Crippen molar-refractivity contribution in [2.45, 2.75) is 12.5 Å². The number of hydrogen-bond donors (Lipinski definition) is 1. The third-order valence-corrected chi connectivity index (χ3v) is 3.92. The normalized spacial score (nSPS) is 17.6. The van der Waals surface area contributed by atoms with Crippen LogP contribution in [0.1, 0.15) is 6.42 Å². The molecule has 0 amide bonds. The standard InChI is InChI=1S/C15H16ClFN4O/c1-22-14-4-6-18-15(20-14)19-10-5-7-21(9-10)11-2-3-13(17)12(16)8-11/h2-4,6,8,10H,5,7,9H2,1H3,(H,18,19,20). The van der Waals surface area contributed by atoms with Gasteiger partial charge in [-0.15, -0.1) is 0 Å². The van der Waals surface area contributed by atoms with Gasteiger partial charge in [-0.1, -0.05) is 11.6 Å². The third-order valence-electron chi connectivity index (χ3n) is 3.63. The van der Waals surface area contributed by atoms with E-state index in [-0.39, 0.29) is 11.1 Å². The highest BCUT2D eigenvalue weighted by Gasteiger charge is 2.23. The first-order valence-corrected chi connectivity index (χ1v) is 7.37. The number of halogens is 2. The van der Waals surface area contributed by atoms with Crippen LogP contribution in [-0.2, 0) is 0 Å².